The molecule has 0 aliphatic carbocycles. The van der Waals surface area contributed by atoms with E-state index in [0.29, 0.717) is 26.2 Å². The molecule has 0 spiro atoms. The highest BCUT2D eigenvalue weighted by atomic mass is 16.2. The molecule has 0 bridgehead atoms. The van der Waals surface area contributed by atoms with E-state index in [1.807, 2.05) is 35.2 Å². The number of rotatable bonds is 3. The van der Waals surface area contributed by atoms with E-state index in [1.165, 1.54) is 0 Å². The molecule has 2 saturated heterocycles. The molecule has 2 aliphatic heterocycles. The topological polar surface area (TPSA) is 81.3 Å². The number of piperazine rings is 1. The molecule has 4 rings (SSSR count). The number of aromatic amines is 1. The molecule has 2 N–H and O–H groups in total. The Morgan fingerprint density at radius 2 is 1.89 bits per heavy atom. The van der Waals surface area contributed by atoms with Crippen molar-refractivity contribution in [3.05, 3.63) is 46.8 Å². The molecular weight excluding hydrogens is 342 g/mol. The fraction of sp³-hybridized carbons (Fsp3) is 0.450. The van der Waals surface area contributed by atoms with Crippen molar-refractivity contribution in [2.75, 3.05) is 44.2 Å². The Morgan fingerprint density at radius 3 is 2.59 bits per heavy atom. The third-order valence-corrected chi connectivity index (χ3v) is 5.41. The molecule has 0 saturated carbocycles. The summed E-state index contributed by atoms with van der Waals surface area (Å²) >= 11 is 0. The van der Waals surface area contributed by atoms with E-state index in [1.54, 1.807) is 6.07 Å². The van der Waals surface area contributed by atoms with E-state index in [4.69, 9.17) is 0 Å². The third kappa shape index (κ3) is 3.88. The van der Waals surface area contributed by atoms with Gasteiger partial charge >= 0.3 is 0 Å². The van der Waals surface area contributed by atoms with Gasteiger partial charge in [0.1, 0.15) is 5.69 Å². The fourth-order valence-corrected chi connectivity index (χ4v) is 3.93. The van der Waals surface area contributed by atoms with E-state index < -0.39 is 0 Å². The standard InChI is InChI=1S/C20H25N5O2/c26-18-13-17(19(23-22-18)15-5-2-1-3-6-15)24-9-11-25(12-10-24)20(27)16-7-4-8-21-14-16/h1-3,5-6,13,16,21H,4,7-12,14H2,(H,22,26)/t16-/m1/s1. The summed E-state index contributed by atoms with van der Waals surface area (Å²) in [5, 5.41) is 10.1. The molecule has 7 nitrogen and oxygen atoms in total. The molecule has 0 unspecified atom stereocenters. The quantitative estimate of drug-likeness (QED) is 0.849. The Balaban J connectivity index is 1.49. The van der Waals surface area contributed by atoms with E-state index in [9.17, 15) is 9.59 Å². The second-order valence-corrected chi connectivity index (χ2v) is 7.19. The summed E-state index contributed by atoms with van der Waals surface area (Å²) in [5.74, 6) is 0.362. The average Bonchev–Trinajstić information content (AvgIpc) is 2.74. The van der Waals surface area contributed by atoms with Gasteiger partial charge in [-0.1, -0.05) is 30.3 Å². The number of aromatic nitrogens is 2. The zero-order chi connectivity index (χ0) is 18.6. The molecular formula is C20H25N5O2. The lowest BCUT2D eigenvalue weighted by Crippen LogP contribution is -2.52. The molecule has 2 fully saturated rings. The zero-order valence-corrected chi connectivity index (χ0v) is 15.4. The van der Waals surface area contributed by atoms with Crippen LogP contribution in [0.25, 0.3) is 11.3 Å². The number of anilines is 1. The van der Waals surface area contributed by atoms with Crippen molar-refractivity contribution in [3.63, 3.8) is 0 Å². The molecule has 1 amide bonds. The van der Waals surface area contributed by atoms with Crippen molar-refractivity contribution in [3.8, 4) is 11.3 Å². The van der Waals surface area contributed by atoms with Crippen LogP contribution in [0.5, 0.6) is 0 Å². The molecule has 2 aliphatic rings. The molecule has 7 heteroatoms. The smallest absolute Gasteiger partial charge is 0.266 e. The second kappa shape index (κ2) is 7.92. The van der Waals surface area contributed by atoms with Crippen molar-refractivity contribution >= 4 is 11.6 Å². The van der Waals surface area contributed by atoms with Crippen LogP contribution >= 0.6 is 0 Å². The Bertz CT molecular complexity index is 837. The Labute approximate surface area is 158 Å². The van der Waals surface area contributed by atoms with Gasteiger partial charge in [-0.2, -0.15) is 5.10 Å². The molecule has 1 atom stereocenters. The maximum Gasteiger partial charge on any atom is 0.266 e. The van der Waals surface area contributed by atoms with Crippen molar-refractivity contribution in [2.24, 2.45) is 5.92 Å². The first-order chi connectivity index (χ1) is 13.2. The lowest BCUT2D eigenvalue weighted by Gasteiger charge is -2.38. The number of H-pyrrole nitrogens is 1. The largest absolute Gasteiger partial charge is 0.366 e. The Hall–Kier alpha value is -2.67. The van der Waals surface area contributed by atoms with Crippen molar-refractivity contribution < 1.29 is 4.79 Å². The van der Waals surface area contributed by atoms with Crippen LogP contribution in [0.3, 0.4) is 0 Å². The van der Waals surface area contributed by atoms with E-state index in [-0.39, 0.29) is 17.4 Å². The lowest BCUT2D eigenvalue weighted by atomic mass is 9.98. The van der Waals surface area contributed by atoms with E-state index in [0.717, 1.165) is 42.9 Å². The maximum absolute atomic E-state index is 12.7. The summed E-state index contributed by atoms with van der Waals surface area (Å²) in [7, 11) is 0. The van der Waals surface area contributed by atoms with Crippen LogP contribution < -0.4 is 15.8 Å². The third-order valence-electron chi connectivity index (χ3n) is 5.41. The van der Waals surface area contributed by atoms with Crippen LogP contribution in [0.2, 0.25) is 0 Å². The van der Waals surface area contributed by atoms with Gasteiger partial charge in [-0.25, -0.2) is 5.10 Å². The first-order valence-electron chi connectivity index (χ1n) is 9.62. The number of nitrogens with one attached hydrogen (secondary N) is 2. The Kier molecular flexibility index (Phi) is 5.20. The van der Waals surface area contributed by atoms with Crippen molar-refractivity contribution in [2.45, 2.75) is 12.8 Å². The number of nitrogens with zero attached hydrogens (tertiary/aromatic N) is 3. The van der Waals surface area contributed by atoms with Gasteiger partial charge in [0, 0.05) is 44.4 Å². The summed E-state index contributed by atoms with van der Waals surface area (Å²) in [5.41, 5.74) is 2.36. The van der Waals surface area contributed by atoms with Gasteiger partial charge in [0.05, 0.1) is 11.6 Å². The van der Waals surface area contributed by atoms with Crippen LogP contribution in [-0.4, -0.2) is 60.3 Å². The van der Waals surface area contributed by atoms with Crippen LogP contribution in [0.1, 0.15) is 12.8 Å². The monoisotopic (exact) mass is 367 g/mol. The highest BCUT2D eigenvalue weighted by molar-refractivity contribution is 5.80. The molecule has 27 heavy (non-hydrogen) atoms. The second-order valence-electron chi connectivity index (χ2n) is 7.19. The molecule has 1 aromatic carbocycles. The van der Waals surface area contributed by atoms with Crippen LogP contribution in [-0.2, 0) is 4.79 Å². The highest BCUT2D eigenvalue weighted by Crippen LogP contribution is 2.28. The molecule has 142 valence electrons. The minimum atomic E-state index is -0.212. The summed E-state index contributed by atoms with van der Waals surface area (Å²) in [6, 6.07) is 11.5. The maximum atomic E-state index is 12.7. The van der Waals surface area contributed by atoms with Crippen LogP contribution in [0.15, 0.2) is 41.2 Å². The number of piperidine rings is 1. The van der Waals surface area contributed by atoms with E-state index >= 15 is 0 Å². The fourth-order valence-electron chi connectivity index (χ4n) is 3.93. The van der Waals surface area contributed by atoms with Crippen molar-refractivity contribution in [1.82, 2.24) is 20.4 Å². The first kappa shape index (κ1) is 17.7. The normalized spacial score (nSPS) is 20.5. The highest BCUT2D eigenvalue weighted by Gasteiger charge is 2.29. The lowest BCUT2D eigenvalue weighted by molar-refractivity contribution is -0.136. The number of amides is 1. The molecule has 0 radical (unpaired) electrons. The zero-order valence-electron chi connectivity index (χ0n) is 15.4. The van der Waals surface area contributed by atoms with Crippen LogP contribution in [0, 0.1) is 5.92 Å². The number of carbonyl (C=O) groups excluding carboxylic acids is 1. The SMILES string of the molecule is O=C([C@@H]1CCCNC1)N1CCN(c2cc(=O)[nH]nc2-c2ccccc2)CC1. The molecule has 1 aromatic heterocycles. The number of hydrogen-bond donors (Lipinski definition) is 2. The summed E-state index contributed by atoms with van der Waals surface area (Å²) in [6.07, 6.45) is 2.04. The predicted molar refractivity (Wildman–Crippen MR) is 105 cm³/mol. The number of carbonyl (C=O) groups is 1. The van der Waals surface area contributed by atoms with Crippen LogP contribution in [0.4, 0.5) is 5.69 Å². The summed E-state index contributed by atoms with van der Waals surface area (Å²) < 4.78 is 0. The molecule has 3 heterocycles. The van der Waals surface area contributed by atoms with Gasteiger partial charge < -0.3 is 15.1 Å². The molecule has 2 aromatic rings. The van der Waals surface area contributed by atoms with E-state index in [2.05, 4.69) is 20.4 Å². The van der Waals surface area contributed by atoms with Gasteiger partial charge in [0.25, 0.3) is 5.56 Å². The number of hydrogen-bond acceptors (Lipinski definition) is 5. The summed E-state index contributed by atoms with van der Waals surface area (Å²) in [6.45, 7) is 4.56. The minimum absolute atomic E-state index is 0.103. The van der Waals surface area contributed by atoms with Gasteiger partial charge in [-0.15, -0.1) is 0 Å². The predicted octanol–water partition coefficient (Wildman–Crippen LogP) is 1.09. The van der Waals surface area contributed by atoms with Crippen molar-refractivity contribution in [1.29, 1.82) is 0 Å². The first-order valence-corrected chi connectivity index (χ1v) is 9.62. The van der Waals surface area contributed by atoms with Gasteiger partial charge in [0.15, 0.2) is 0 Å². The van der Waals surface area contributed by atoms with Gasteiger partial charge in [-0.3, -0.25) is 9.59 Å². The minimum Gasteiger partial charge on any atom is -0.366 e. The average molecular weight is 367 g/mol. The van der Waals surface area contributed by atoms with Gasteiger partial charge in [0.2, 0.25) is 5.91 Å². The summed E-state index contributed by atoms with van der Waals surface area (Å²) in [4.78, 5) is 28.7. The van der Waals surface area contributed by atoms with Gasteiger partial charge in [-0.05, 0) is 19.4 Å². The Morgan fingerprint density at radius 1 is 1.11 bits per heavy atom. The number of benzene rings is 1.